The quantitative estimate of drug-likeness (QED) is 0.678. The van der Waals surface area contributed by atoms with Crippen LogP contribution in [0.1, 0.15) is 0 Å². The van der Waals surface area contributed by atoms with Crippen molar-refractivity contribution in [3.05, 3.63) is 40.6 Å². The van der Waals surface area contributed by atoms with Crippen molar-refractivity contribution in [1.29, 1.82) is 0 Å². The van der Waals surface area contributed by atoms with Crippen molar-refractivity contribution < 1.29 is 5.11 Å². The first kappa shape index (κ1) is 7.59. The van der Waals surface area contributed by atoms with Crippen molar-refractivity contribution in [2.75, 3.05) is 0 Å². The Morgan fingerprint density at radius 2 is 2.00 bits per heavy atom. The second-order valence-electron chi connectivity index (χ2n) is 2.45. The van der Waals surface area contributed by atoms with E-state index in [0.717, 1.165) is 9.65 Å². The van der Waals surface area contributed by atoms with Gasteiger partial charge >= 0.3 is 74.4 Å². The minimum atomic E-state index is -0.0868. The van der Waals surface area contributed by atoms with Crippen LogP contribution in [0, 0.1) is 0 Å². The van der Waals surface area contributed by atoms with Crippen molar-refractivity contribution in [2.45, 2.75) is 0 Å². The Morgan fingerprint density at radius 1 is 1.25 bits per heavy atom. The van der Waals surface area contributed by atoms with Gasteiger partial charge in [-0.25, -0.2) is 0 Å². The molecule has 1 N–H and O–H groups in total. The molecule has 2 aromatic rings. The average Bonchev–Trinajstić information content (AvgIpc) is 2.04. The van der Waals surface area contributed by atoms with Crippen LogP contribution in [0.2, 0.25) is 0 Å². The number of hydrogen-bond donors (Lipinski definition) is 1. The summed E-state index contributed by atoms with van der Waals surface area (Å²) >= 11 is -0.0789. The summed E-state index contributed by atoms with van der Waals surface area (Å²) in [7, 11) is 0. The second-order valence-corrected chi connectivity index (χ2v) is 4.67. The van der Waals surface area contributed by atoms with E-state index >= 15 is 0 Å². The Morgan fingerprint density at radius 3 is 2.83 bits per heavy atom. The van der Waals surface area contributed by atoms with E-state index in [-0.39, 0.29) is 24.6 Å². The molecule has 1 aromatic carbocycles. The molecule has 0 saturated heterocycles. The summed E-state index contributed by atoms with van der Waals surface area (Å²) in [5, 5.41) is 9.93. The molecule has 2 nitrogen and oxygen atoms in total. The van der Waals surface area contributed by atoms with Gasteiger partial charge in [0.25, 0.3) is 0 Å². The van der Waals surface area contributed by atoms with Gasteiger partial charge in [-0.15, -0.1) is 0 Å². The van der Waals surface area contributed by atoms with Gasteiger partial charge in [-0.3, -0.25) is 0 Å². The van der Waals surface area contributed by atoms with E-state index in [4.69, 9.17) is 0 Å². The number of benzene rings is 1. The average molecular weight is 225 g/mol. The first-order valence-electron chi connectivity index (χ1n) is 3.49. The summed E-state index contributed by atoms with van der Waals surface area (Å²) in [5.41, 5.74) is -0.0868. The summed E-state index contributed by atoms with van der Waals surface area (Å²) in [5.74, 6) is 0. The molecule has 0 atom stereocenters. The summed E-state index contributed by atoms with van der Waals surface area (Å²) < 4.78 is 1.18. The molecule has 0 aliphatic heterocycles. The van der Waals surface area contributed by atoms with E-state index in [0.29, 0.717) is 0 Å². The molecule has 0 fully saturated rings. The van der Waals surface area contributed by atoms with E-state index in [1.54, 1.807) is 6.07 Å². The van der Waals surface area contributed by atoms with Crippen molar-refractivity contribution in [1.82, 2.24) is 0 Å². The van der Waals surface area contributed by atoms with Crippen LogP contribution in [0.4, 0.5) is 0 Å². The summed E-state index contributed by atoms with van der Waals surface area (Å²) in [6, 6.07) is 8.70. The number of fused-ring (bicyclic) bond motifs is 1. The summed E-state index contributed by atoms with van der Waals surface area (Å²) in [6.45, 7) is 0. The SMILES string of the molecule is O=c1cc(O)[se]c2ccccc12. The zero-order chi connectivity index (χ0) is 8.55. The van der Waals surface area contributed by atoms with Crippen LogP contribution in [0.25, 0.3) is 9.65 Å². The van der Waals surface area contributed by atoms with Gasteiger partial charge in [0.1, 0.15) is 0 Å². The molecule has 0 amide bonds. The number of aromatic hydroxyl groups is 1. The molecule has 1 aromatic heterocycles. The molecule has 2 rings (SSSR count). The number of hydrogen-bond acceptors (Lipinski definition) is 2. The topological polar surface area (TPSA) is 37.3 Å². The van der Waals surface area contributed by atoms with Crippen LogP contribution in [0.5, 0.6) is 4.62 Å². The molecule has 0 saturated carbocycles. The molecule has 0 aliphatic carbocycles. The van der Waals surface area contributed by atoms with Crippen molar-refractivity contribution in [3.63, 3.8) is 0 Å². The summed E-state index contributed by atoms with van der Waals surface area (Å²) in [4.78, 5) is 11.3. The Labute approximate surface area is 74.8 Å². The summed E-state index contributed by atoms with van der Waals surface area (Å²) in [6.07, 6.45) is 0. The first-order chi connectivity index (χ1) is 5.77. The Kier molecular flexibility index (Phi) is 1.75. The van der Waals surface area contributed by atoms with Gasteiger partial charge < -0.3 is 0 Å². The van der Waals surface area contributed by atoms with Gasteiger partial charge in [0.2, 0.25) is 0 Å². The van der Waals surface area contributed by atoms with Gasteiger partial charge in [-0.1, -0.05) is 0 Å². The predicted octanol–water partition coefficient (Wildman–Crippen LogP) is 0.963. The third-order valence-corrected chi connectivity index (χ3v) is 3.52. The Balaban J connectivity index is 2.99. The third kappa shape index (κ3) is 1.17. The maximum absolute atomic E-state index is 11.3. The minimum absolute atomic E-state index is 0.0789. The monoisotopic (exact) mass is 226 g/mol. The predicted molar refractivity (Wildman–Crippen MR) is 48.8 cm³/mol. The van der Waals surface area contributed by atoms with Crippen LogP contribution in [-0.4, -0.2) is 19.6 Å². The first-order valence-corrected chi connectivity index (χ1v) is 5.20. The molecule has 0 aliphatic rings. The molecule has 3 heteroatoms. The van der Waals surface area contributed by atoms with Crippen molar-refractivity contribution >= 4 is 24.1 Å². The standard InChI is InChI=1S/C9H6O2Se/c10-7-5-9(11)12-8-4-2-1-3-6(7)8/h1-5,11H. The van der Waals surface area contributed by atoms with Gasteiger partial charge in [0.05, 0.1) is 0 Å². The molecule has 0 spiro atoms. The van der Waals surface area contributed by atoms with E-state index in [1.165, 1.54) is 6.07 Å². The Hall–Kier alpha value is -1.05. The van der Waals surface area contributed by atoms with E-state index in [9.17, 15) is 9.90 Å². The molecular weight excluding hydrogens is 219 g/mol. The second kappa shape index (κ2) is 2.77. The number of rotatable bonds is 0. The Bertz CT molecular complexity index is 473. The zero-order valence-corrected chi connectivity index (χ0v) is 7.86. The normalized spacial score (nSPS) is 10.3. The molecule has 0 unspecified atom stereocenters. The molecule has 12 heavy (non-hydrogen) atoms. The zero-order valence-electron chi connectivity index (χ0n) is 6.15. The maximum atomic E-state index is 11.3. The van der Waals surface area contributed by atoms with Crippen LogP contribution < -0.4 is 5.43 Å². The van der Waals surface area contributed by atoms with Crippen LogP contribution in [-0.2, 0) is 0 Å². The van der Waals surface area contributed by atoms with Gasteiger partial charge in [0, 0.05) is 0 Å². The molecule has 1 heterocycles. The fraction of sp³-hybridized carbons (Fsp3) is 0. The van der Waals surface area contributed by atoms with Crippen LogP contribution >= 0.6 is 0 Å². The molecule has 60 valence electrons. The van der Waals surface area contributed by atoms with Gasteiger partial charge in [-0.2, -0.15) is 0 Å². The van der Waals surface area contributed by atoms with E-state index < -0.39 is 0 Å². The van der Waals surface area contributed by atoms with E-state index in [1.807, 2.05) is 18.2 Å². The van der Waals surface area contributed by atoms with Crippen LogP contribution in [0.15, 0.2) is 35.1 Å². The molecule has 0 radical (unpaired) electrons. The van der Waals surface area contributed by atoms with E-state index in [2.05, 4.69) is 0 Å². The van der Waals surface area contributed by atoms with Gasteiger partial charge in [-0.05, 0) is 0 Å². The fourth-order valence-electron chi connectivity index (χ4n) is 1.09. The third-order valence-electron chi connectivity index (χ3n) is 1.62. The van der Waals surface area contributed by atoms with Crippen molar-refractivity contribution in [2.24, 2.45) is 0 Å². The molecule has 0 bridgehead atoms. The molecular formula is C9H6O2Se. The van der Waals surface area contributed by atoms with Gasteiger partial charge in [0.15, 0.2) is 0 Å². The van der Waals surface area contributed by atoms with Crippen molar-refractivity contribution in [3.8, 4) is 4.62 Å². The van der Waals surface area contributed by atoms with Crippen LogP contribution in [0.3, 0.4) is 0 Å². The fourth-order valence-corrected chi connectivity index (χ4v) is 2.80.